The molecular weight excluding hydrogens is 684 g/mol. The number of ether oxygens (including phenoxy) is 2. The fourth-order valence-corrected chi connectivity index (χ4v) is 6.36. The van der Waals surface area contributed by atoms with Crippen molar-refractivity contribution in [2.24, 2.45) is 0 Å². The van der Waals surface area contributed by atoms with Gasteiger partial charge in [-0.15, -0.1) is 0 Å². The molecule has 0 spiro atoms. The number of anilines is 3. The van der Waals surface area contributed by atoms with Gasteiger partial charge in [-0.3, -0.25) is 9.69 Å². The average molecular weight is 712 g/mol. The molecule has 52 heavy (non-hydrogen) atoms. The normalized spacial score (nSPS) is 13.9. The number of hydrogen-bond acceptors (Lipinski definition) is 5. The molecule has 12 heteroatoms. The van der Waals surface area contributed by atoms with Crippen molar-refractivity contribution in [1.82, 2.24) is 0 Å². The molecule has 0 radical (unpaired) electrons. The van der Waals surface area contributed by atoms with Crippen LogP contribution < -0.4 is 25.8 Å². The van der Waals surface area contributed by atoms with Crippen molar-refractivity contribution in [2.45, 2.75) is 17.9 Å². The molecule has 1 heterocycles. The van der Waals surface area contributed by atoms with Gasteiger partial charge in [0.15, 0.2) is 0 Å². The first-order chi connectivity index (χ1) is 24.7. The van der Waals surface area contributed by atoms with Gasteiger partial charge in [0.1, 0.15) is 28.5 Å². The molecule has 0 aliphatic carbocycles. The summed E-state index contributed by atoms with van der Waals surface area (Å²) in [7, 11) is 0. The fourth-order valence-electron chi connectivity index (χ4n) is 6.36. The summed E-state index contributed by atoms with van der Waals surface area (Å²) in [6.45, 7) is 0. The minimum atomic E-state index is -5.16. The van der Waals surface area contributed by atoms with Crippen molar-refractivity contribution in [3.63, 3.8) is 0 Å². The van der Waals surface area contributed by atoms with Gasteiger partial charge in [0.2, 0.25) is 0 Å². The Balaban J connectivity index is 1.45. The van der Waals surface area contributed by atoms with Crippen molar-refractivity contribution in [3.05, 3.63) is 173 Å². The Labute approximate surface area is 293 Å². The molecule has 6 nitrogen and oxygen atoms in total. The molecule has 0 bridgehead atoms. The summed E-state index contributed by atoms with van der Waals surface area (Å²) in [6, 6.07) is 33.6. The zero-order valence-corrected chi connectivity index (χ0v) is 26.9. The quantitative estimate of drug-likeness (QED) is 0.127. The first-order valence-electron chi connectivity index (χ1n) is 15.7. The van der Waals surface area contributed by atoms with Crippen molar-refractivity contribution >= 4 is 23.0 Å². The number of nitrogen functional groups attached to an aromatic ring is 2. The second kappa shape index (κ2) is 12.7. The van der Waals surface area contributed by atoms with Crippen molar-refractivity contribution in [1.29, 1.82) is 0 Å². The smallest absolute Gasteiger partial charge is 0.416 e. The summed E-state index contributed by atoms with van der Waals surface area (Å²) in [5.41, 5.74) is 8.29. The Bertz CT molecular complexity index is 2130. The predicted molar refractivity (Wildman–Crippen MR) is 184 cm³/mol. The largest absolute Gasteiger partial charge is 0.457 e. The molecule has 6 aromatic rings. The van der Waals surface area contributed by atoms with E-state index in [0.717, 1.165) is 4.90 Å². The second-order valence-corrected chi connectivity index (χ2v) is 12.1. The summed E-state index contributed by atoms with van der Waals surface area (Å²) in [5, 5.41) is 0. The monoisotopic (exact) mass is 711 g/mol. The van der Waals surface area contributed by atoms with E-state index in [2.05, 4.69) is 0 Å². The lowest BCUT2D eigenvalue weighted by Crippen LogP contribution is -2.46. The van der Waals surface area contributed by atoms with Crippen LogP contribution in [0, 0.1) is 0 Å². The summed E-state index contributed by atoms with van der Waals surface area (Å²) in [6.07, 6.45) is -10.3. The average Bonchev–Trinajstić information content (AvgIpc) is 3.39. The first kappa shape index (κ1) is 34.0. The van der Waals surface area contributed by atoms with Gasteiger partial charge in [0.05, 0.1) is 11.1 Å². The molecule has 0 atom stereocenters. The van der Waals surface area contributed by atoms with Gasteiger partial charge in [0.25, 0.3) is 5.91 Å². The summed E-state index contributed by atoms with van der Waals surface area (Å²) < 4.78 is 97.1. The standard InChI is InChI=1S/C40H27F6N3O3/c41-39(42,43)26-21-27(40(44,45)46)23-30(22-26)49-37(50)35-3-1-2-4-36(35)38(49,24-5-13-31(14-6-24)51-33-17-9-28(47)10-18-33)25-7-15-32(16-8-25)52-34-19-11-29(48)12-20-34/h1-23H,47-48H2. The highest BCUT2D eigenvalue weighted by molar-refractivity contribution is 6.14. The van der Waals surface area contributed by atoms with Gasteiger partial charge in [0, 0.05) is 22.6 Å². The Morgan fingerprint density at radius 2 is 0.904 bits per heavy atom. The Morgan fingerprint density at radius 3 is 1.31 bits per heavy atom. The predicted octanol–water partition coefficient (Wildman–Crippen LogP) is 10.4. The maximum Gasteiger partial charge on any atom is 0.416 e. The van der Waals surface area contributed by atoms with E-state index in [0.29, 0.717) is 63.2 Å². The number of hydrogen-bond donors (Lipinski definition) is 2. The number of rotatable bonds is 7. The minimum Gasteiger partial charge on any atom is -0.457 e. The third-order valence-corrected chi connectivity index (χ3v) is 8.69. The number of carbonyl (C=O) groups is 1. The number of nitrogens with two attached hydrogens (primary N) is 2. The van der Waals surface area contributed by atoms with E-state index in [9.17, 15) is 31.1 Å². The number of alkyl halides is 6. The van der Waals surface area contributed by atoms with E-state index in [4.69, 9.17) is 20.9 Å². The molecule has 0 saturated carbocycles. The van der Waals surface area contributed by atoms with Gasteiger partial charge in [-0.1, -0.05) is 42.5 Å². The van der Waals surface area contributed by atoms with Crippen molar-refractivity contribution < 1.29 is 40.6 Å². The highest BCUT2D eigenvalue weighted by Crippen LogP contribution is 2.53. The lowest BCUT2D eigenvalue weighted by molar-refractivity contribution is -0.143. The number of carbonyl (C=O) groups excluding carboxylic acids is 1. The van der Waals surface area contributed by atoms with E-state index in [1.165, 1.54) is 6.07 Å². The SMILES string of the molecule is Nc1ccc(Oc2ccc(C3(c4ccc(Oc5ccc(N)cc5)cc4)c4ccccc4C(=O)N3c3cc(C(F)(F)F)cc(C(F)(F)F)c3)cc2)cc1. The van der Waals surface area contributed by atoms with Gasteiger partial charge >= 0.3 is 12.4 Å². The first-order valence-corrected chi connectivity index (χ1v) is 15.7. The van der Waals surface area contributed by atoms with Crippen LogP contribution in [0.2, 0.25) is 0 Å². The van der Waals surface area contributed by atoms with Crippen LogP contribution in [0.1, 0.15) is 38.2 Å². The van der Waals surface area contributed by atoms with Crippen LogP contribution in [0.4, 0.5) is 43.4 Å². The number of nitrogens with zero attached hydrogens (tertiary/aromatic N) is 1. The number of amides is 1. The Hall–Kier alpha value is -6.43. The van der Waals surface area contributed by atoms with Crippen LogP contribution in [-0.4, -0.2) is 5.91 Å². The van der Waals surface area contributed by atoms with Crippen LogP contribution in [0.3, 0.4) is 0 Å². The summed E-state index contributed by atoms with van der Waals surface area (Å²) >= 11 is 0. The van der Waals surface area contributed by atoms with Crippen LogP contribution in [-0.2, 0) is 17.9 Å². The topological polar surface area (TPSA) is 90.8 Å². The molecule has 1 amide bonds. The van der Waals surface area contributed by atoms with Crippen molar-refractivity contribution in [3.8, 4) is 23.0 Å². The van der Waals surface area contributed by atoms with E-state index in [-0.39, 0.29) is 11.6 Å². The molecule has 0 saturated heterocycles. The van der Waals surface area contributed by atoms with Gasteiger partial charge < -0.3 is 20.9 Å². The summed E-state index contributed by atoms with van der Waals surface area (Å²) in [4.78, 5) is 15.4. The molecular formula is C40H27F6N3O3. The van der Waals surface area contributed by atoms with E-state index in [1.54, 1.807) is 115 Å². The highest BCUT2D eigenvalue weighted by atomic mass is 19.4. The number of halogens is 6. The summed E-state index contributed by atoms with van der Waals surface area (Å²) in [5.74, 6) is 0.893. The molecule has 1 aliphatic heterocycles. The van der Waals surface area contributed by atoms with E-state index >= 15 is 0 Å². The fraction of sp³-hybridized carbons (Fsp3) is 0.0750. The minimum absolute atomic E-state index is 0.0333. The number of fused-ring (bicyclic) bond motifs is 1. The van der Waals surface area contributed by atoms with E-state index in [1.807, 2.05) is 0 Å². The van der Waals surface area contributed by atoms with Gasteiger partial charge in [-0.2, -0.15) is 26.3 Å². The molecule has 0 unspecified atom stereocenters. The maximum absolute atomic E-state index is 14.4. The van der Waals surface area contributed by atoms with Crippen molar-refractivity contribution in [2.75, 3.05) is 16.4 Å². The zero-order chi connectivity index (χ0) is 36.8. The van der Waals surface area contributed by atoms with Crippen LogP contribution in [0.25, 0.3) is 0 Å². The van der Waals surface area contributed by atoms with Crippen LogP contribution in [0.15, 0.2) is 140 Å². The number of benzene rings is 6. The highest BCUT2D eigenvalue weighted by Gasteiger charge is 2.53. The van der Waals surface area contributed by atoms with Crippen LogP contribution >= 0.6 is 0 Å². The molecule has 0 aromatic heterocycles. The Kier molecular flexibility index (Phi) is 8.32. The molecule has 7 rings (SSSR count). The second-order valence-electron chi connectivity index (χ2n) is 12.1. The lowest BCUT2D eigenvalue weighted by Gasteiger charge is -2.41. The maximum atomic E-state index is 14.4. The molecule has 6 aromatic carbocycles. The third kappa shape index (κ3) is 6.23. The lowest BCUT2D eigenvalue weighted by atomic mass is 9.76. The van der Waals surface area contributed by atoms with Gasteiger partial charge in [-0.25, -0.2) is 0 Å². The molecule has 0 fully saturated rings. The third-order valence-electron chi connectivity index (χ3n) is 8.69. The molecule has 4 N–H and O–H groups in total. The Morgan fingerprint density at radius 1 is 0.519 bits per heavy atom. The van der Waals surface area contributed by atoms with Gasteiger partial charge in [-0.05, 0) is 114 Å². The zero-order valence-electron chi connectivity index (χ0n) is 26.9. The molecule has 262 valence electrons. The molecule has 1 aliphatic rings. The van der Waals surface area contributed by atoms with E-state index < -0.39 is 40.6 Å². The van der Waals surface area contributed by atoms with Crippen LogP contribution in [0.5, 0.6) is 23.0 Å².